The molecular weight excluding hydrogens is 202 g/mol. The van der Waals surface area contributed by atoms with E-state index < -0.39 is 0 Å². The van der Waals surface area contributed by atoms with Gasteiger partial charge in [0.2, 0.25) is 5.91 Å². The molecule has 1 atom stereocenters. The molecular formula is C13H17NO2. The minimum absolute atomic E-state index is 0.107. The number of aliphatic hydroxyl groups is 1. The van der Waals surface area contributed by atoms with Crippen LogP contribution < -0.4 is 0 Å². The number of benzene rings is 1. The first-order chi connectivity index (χ1) is 7.58. The van der Waals surface area contributed by atoms with Gasteiger partial charge in [-0.05, 0) is 19.4 Å². The molecule has 1 saturated heterocycles. The van der Waals surface area contributed by atoms with Crippen molar-refractivity contribution in [2.75, 3.05) is 13.1 Å². The van der Waals surface area contributed by atoms with Gasteiger partial charge < -0.3 is 10.0 Å². The average molecular weight is 219 g/mol. The minimum Gasteiger partial charge on any atom is -0.389 e. The third-order valence-electron chi connectivity index (χ3n) is 3.09. The van der Waals surface area contributed by atoms with Gasteiger partial charge in [0.05, 0.1) is 12.0 Å². The molecule has 0 spiro atoms. The Morgan fingerprint density at radius 1 is 1.50 bits per heavy atom. The molecule has 0 radical (unpaired) electrons. The van der Waals surface area contributed by atoms with Crippen molar-refractivity contribution in [2.45, 2.75) is 25.9 Å². The molecule has 2 rings (SSSR count). The summed E-state index contributed by atoms with van der Waals surface area (Å²) < 4.78 is 0. The molecule has 0 bridgehead atoms. The second kappa shape index (κ2) is 4.26. The Hall–Kier alpha value is -1.35. The van der Waals surface area contributed by atoms with Gasteiger partial charge in [-0.2, -0.15) is 0 Å². The molecule has 3 heteroatoms. The molecule has 86 valence electrons. The number of rotatable bonds is 2. The topological polar surface area (TPSA) is 40.5 Å². The number of nitrogens with zero attached hydrogens (tertiary/aromatic N) is 1. The highest BCUT2D eigenvalue weighted by Crippen LogP contribution is 2.21. The van der Waals surface area contributed by atoms with E-state index >= 15 is 0 Å². The first kappa shape index (κ1) is 11.1. The monoisotopic (exact) mass is 219 g/mol. The molecule has 1 fully saturated rings. The summed E-state index contributed by atoms with van der Waals surface area (Å²) in [5.74, 6) is -0.0108. The SMILES string of the molecule is Cc1cccc(C(C)C(=O)N2CC(O)C2)c1. The molecule has 16 heavy (non-hydrogen) atoms. The van der Waals surface area contributed by atoms with Gasteiger partial charge in [-0.1, -0.05) is 29.8 Å². The molecule has 1 amide bonds. The number of hydrogen-bond acceptors (Lipinski definition) is 2. The zero-order valence-electron chi connectivity index (χ0n) is 9.68. The maximum absolute atomic E-state index is 12.0. The van der Waals surface area contributed by atoms with Gasteiger partial charge in [0, 0.05) is 13.1 Å². The Balaban J connectivity index is 2.07. The maximum Gasteiger partial charge on any atom is 0.230 e. The van der Waals surface area contributed by atoms with E-state index in [0.717, 1.165) is 5.56 Å². The summed E-state index contributed by atoms with van der Waals surface area (Å²) >= 11 is 0. The zero-order chi connectivity index (χ0) is 11.7. The van der Waals surface area contributed by atoms with Crippen LogP contribution in [0.2, 0.25) is 0 Å². The summed E-state index contributed by atoms with van der Waals surface area (Å²) in [6.45, 7) is 4.90. The normalized spacial score (nSPS) is 18.1. The second-order valence-corrected chi connectivity index (χ2v) is 4.53. The summed E-state index contributed by atoms with van der Waals surface area (Å²) in [6, 6.07) is 8.01. The molecule has 3 nitrogen and oxygen atoms in total. The van der Waals surface area contributed by atoms with Crippen LogP contribution in [-0.2, 0) is 4.79 Å². The smallest absolute Gasteiger partial charge is 0.230 e. The number of likely N-dealkylation sites (tertiary alicyclic amines) is 1. The first-order valence-corrected chi connectivity index (χ1v) is 5.61. The van der Waals surface area contributed by atoms with Crippen LogP contribution in [0.3, 0.4) is 0 Å². The van der Waals surface area contributed by atoms with E-state index in [1.165, 1.54) is 5.56 Å². The van der Waals surface area contributed by atoms with E-state index in [0.29, 0.717) is 13.1 Å². The number of β-amino-alcohol motifs (C(OH)–C–C–N with tert-alkyl or cyclic N) is 1. The van der Waals surface area contributed by atoms with E-state index in [2.05, 4.69) is 0 Å². The number of carbonyl (C=O) groups excluding carboxylic acids is 1. The highest BCUT2D eigenvalue weighted by Gasteiger charge is 2.31. The van der Waals surface area contributed by atoms with Crippen molar-refractivity contribution in [2.24, 2.45) is 0 Å². The standard InChI is InChI=1S/C13H17NO2/c1-9-4-3-5-11(6-9)10(2)13(16)14-7-12(15)8-14/h3-6,10,12,15H,7-8H2,1-2H3. The fraction of sp³-hybridized carbons (Fsp3) is 0.462. The third kappa shape index (κ3) is 2.09. The molecule has 1 unspecified atom stereocenters. The minimum atomic E-state index is -0.325. The van der Waals surface area contributed by atoms with E-state index in [-0.39, 0.29) is 17.9 Å². The van der Waals surface area contributed by atoms with Gasteiger partial charge in [-0.3, -0.25) is 4.79 Å². The quantitative estimate of drug-likeness (QED) is 0.814. The lowest BCUT2D eigenvalue weighted by Crippen LogP contribution is -2.54. The summed E-state index contributed by atoms with van der Waals surface area (Å²) in [4.78, 5) is 13.7. The molecule has 1 heterocycles. The number of hydrogen-bond donors (Lipinski definition) is 1. The van der Waals surface area contributed by atoms with Gasteiger partial charge in [-0.15, -0.1) is 0 Å². The molecule has 0 aromatic heterocycles. The Bertz CT molecular complexity index is 397. The predicted molar refractivity (Wildman–Crippen MR) is 62.2 cm³/mol. The lowest BCUT2D eigenvalue weighted by atomic mass is 9.96. The van der Waals surface area contributed by atoms with E-state index in [1.54, 1.807) is 4.90 Å². The van der Waals surface area contributed by atoms with Crippen LogP contribution in [0.5, 0.6) is 0 Å². The van der Waals surface area contributed by atoms with Gasteiger partial charge in [-0.25, -0.2) is 0 Å². The van der Waals surface area contributed by atoms with Gasteiger partial charge >= 0.3 is 0 Å². The third-order valence-corrected chi connectivity index (χ3v) is 3.09. The molecule has 0 saturated carbocycles. The Kier molecular flexibility index (Phi) is 2.97. The van der Waals surface area contributed by atoms with Crippen LogP contribution in [0, 0.1) is 6.92 Å². The largest absolute Gasteiger partial charge is 0.389 e. The summed E-state index contributed by atoms with van der Waals surface area (Å²) in [5.41, 5.74) is 2.21. The Morgan fingerprint density at radius 3 is 2.75 bits per heavy atom. The number of amides is 1. The van der Waals surface area contributed by atoms with Crippen LogP contribution in [-0.4, -0.2) is 35.1 Å². The highest BCUT2D eigenvalue weighted by molar-refractivity contribution is 5.84. The van der Waals surface area contributed by atoms with Crippen molar-refractivity contribution in [1.29, 1.82) is 0 Å². The van der Waals surface area contributed by atoms with Crippen molar-refractivity contribution in [3.8, 4) is 0 Å². The summed E-state index contributed by atoms with van der Waals surface area (Å²) in [5, 5.41) is 9.17. The summed E-state index contributed by atoms with van der Waals surface area (Å²) in [7, 11) is 0. The lowest BCUT2D eigenvalue weighted by Gasteiger charge is -2.37. The molecule has 0 aliphatic carbocycles. The van der Waals surface area contributed by atoms with Crippen LogP contribution in [0.1, 0.15) is 24.0 Å². The molecule has 1 aliphatic rings. The predicted octanol–water partition coefficient (Wildman–Crippen LogP) is 1.30. The van der Waals surface area contributed by atoms with Gasteiger partial charge in [0.1, 0.15) is 0 Å². The number of aliphatic hydroxyl groups excluding tert-OH is 1. The Morgan fingerprint density at radius 2 is 2.19 bits per heavy atom. The van der Waals surface area contributed by atoms with Gasteiger partial charge in [0.15, 0.2) is 0 Å². The van der Waals surface area contributed by atoms with Crippen molar-refractivity contribution in [1.82, 2.24) is 4.90 Å². The average Bonchev–Trinajstić information content (AvgIpc) is 2.23. The van der Waals surface area contributed by atoms with Crippen LogP contribution in [0.25, 0.3) is 0 Å². The van der Waals surface area contributed by atoms with E-state index in [9.17, 15) is 4.79 Å². The Labute approximate surface area is 95.7 Å². The van der Waals surface area contributed by atoms with Crippen molar-refractivity contribution >= 4 is 5.91 Å². The molecule has 1 aromatic rings. The van der Waals surface area contributed by atoms with Crippen molar-refractivity contribution in [3.63, 3.8) is 0 Å². The van der Waals surface area contributed by atoms with E-state index in [1.807, 2.05) is 38.1 Å². The zero-order valence-corrected chi connectivity index (χ0v) is 9.68. The highest BCUT2D eigenvalue weighted by atomic mass is 16.3. The first-order valence-electron chi connectivity index (χ1n) is 5.61. The molecule has 1 N–H and O–H groups in total. The lowest BCUT2D eigenvalue weighted by molar-refractivity contribution is -0.142. The van der Waals surface area contributed by atoms with Crippen LogP contribution in [0.15, 0.2) is 24.3 Å². The van der Waals surface area contributed by atoms with Gasteiger partial charge in [0.25, 0.3) is 0 Å². The van der Waals surface area contributed by atoms with Crippen molar-refractivity contribution < 1.29 is 9.90 Å². The van der Waals surface area contributed by atoms with Crippen LogP contribution >= 0.6 is 0 Å². The molecule has 1 aromatic carbocycles. The fourth-order valence-electron chi connectivity index (χ4n) is 1.99. The maximum atomic E-state index is 12.0. The fourth-order valence-corrected chi connectivity index (χ4v) is 1.99. The second-order valence-electron chi connectivity index (χ2n) is 4.53. The summed E-state index contributed by atoms with van der Waals surface area (Å²) in [6.07, 6.45) is -0.325. The van der Waals surface area contributed by atoms with Crippen LogP contribution in [0.4, 0.5) is 0 Å². The van der Waals surface area contributed by atoms with E-state index in [4.69, 9.17) is 5.11 Å². The number of carbonyl (C=O) groups is 1. The van der Waals surface area contributed by atoms with Crippen molar-refractivity contribution in [3.05, 3.63) is 35.4 Å². The number of aryl methyl sites for hydroxylation is 1. The molecule has 1 aliphatic heterocycles.